The minimum absolute atomic E-state index is 0.00671. The molecule has 3 heteroatoms. The topological polar surface area (TPSA) is 46.3 Å². The maximum atomic E-state index is 12.4. The smallest absolute Gasteiger partial charge is 0.227 e. The Labute approximate surface area is 99.4 Å². The molecule has 1 fully saturated rings. The van der Waals surface area contributed by atoms with Crippen molar-refractivity contribution in [2.45, 2.75) is 46.6 Å². The van der Waals surface area contributed by atoms with E-state index in [4.69, 9.17) is 5.73 Å². The van der Waals surface area contributed by atoms with E-state index in [9.17, 15) is 4.79 Å². The number of nitrogens with zero attached hydrogens (tertiary/aromatic N) is 1. The summed E-state index contributed by atoms with van der Waals surface area (Å²) in [7, 11) is 0. The molecule has 1 aliphatic heterocycles. The molecule has 3 nitrogen and oxygen atoms in total. The number of rotatable bonds is 3. The Balaban J connectivity index is 2.70. The lowest BCUT2D eigenvalue weighted by Crippen LogP contribution is -2.49. The van der Waals surface area contributed by atoms with Crippen LogP contribution in [0.4, 0.5) is 0 Å². The summed E-state index contributed by atoms with van der Waals surface area (Å²) in [5.74, 6) is 1.22. The van der Waals surface area contributed by atoms with Gasteiger partial charge < -0.3 is 10.6 Å². The number of carbonyl (C=O) groups is 1. The van der Waals surface area contributed by atoms with Gasteiger partial charge in [0.15, 0.2) is 0 Å². The molecule has 1 saturated heterocycles. The molecule has 0 radical (unpaired) electrons. The highest BCUT2D eigenvalue weighted by Gasteiger charge is 2.32. The second kappa shape index (κ2) is 5.67. The number of hydrogen-bond donors (Lipinski definition) is 1. The Morgan fingerprint density at radius 2 is 2.00 bits per heavy atom. The average molecular weight is 226 g/mol. The first-order valence-electron chi connectivity index (χ1n) is 6.47. The predicted molar refractivity (Wildman–Crippen MR) is 67.0 cm³/mol. The zero-order valence-corrected chi connectivity index (χ0v) is 11.1. The van der Waals surface area contributed by atoms with Crippen LogP contribution in [0.3, 0.4) is 0 Å². The van der Waals surface area contributed by atoms with Crippen molar-refractivity contribution in [3.63, 3.8) is 0 Å². The largest absolute Gasteiger partial charge is 0.339 e. The van der Waals surface area contributed by atoms with Gasteiger partial charge in [-0.3, -0.25) is 4.79 Å². The van der Waals surface area contributed by atoms with E-state index in [1.165, 1.54) is 6.42 Å². The zero-order chi connectivity index (χ0) is 12.3. The number of likely N-dealkylation sites (tertiary alicyclic amines) is 1. The molecule has 3 unspecified atom stereocenters. The fourth-order valence-corrected chi connectivity index (χ4v) is 2.47. The number of hydrogen-bond acceptors (Lipinski definition) is 2. The Morgan fingerprint density at radius 3 is 2.50 bits per heavy atom. The summed E-state index contributed by atoms with van der Waals surface area (Å²) in [6, 6.07) is 0.386. The lowest BCUT2D eigenvalue weighted by molar-refractivity contribution is -0.141. The number of piperidine rings is 1. The summed E-state index contributed by atoms with van der Waals surface area (Å²) < 4.78 is 0. The number of nitrogens with two attached hydrogens (primary N) is 1. The third-order valence-corrected chi connectivity index (χ3v) is 3.78. The van der Waals surface area contributed by atoms with Crippen molar-refractivity contribution < 1.29 is 4.79 Å². The molecule has 3 atom stereocenters. The van der Waals surface area contributed by atoms with Gasteiger partial charge in [0.1, 0.15) is 0 Å². The molecule has 0 aliphatic carbocycles. The van der Waals surface area contributed by atoms with Crippen LogP contribution in [0.1, 0.15) is 40.5 Å². The monoisotopic (exact) mass is 226 g/mol. The van der Waals surface area contributed by atoms with Gasteiger partial charge in [-0.25, -0.2) is 0 Å². The second-order valence-corrected chi connectivity index (χ2v) is 5.61. The van der Waals surface area contributed by atoms with Crippen LogP contribution in [-0.2, 0) is 4.79 Å². The van der Waals surface area contributed by atoms with E-state index in [2.05, 4.69) is 27.7 Å². The molecule has 1 rings (SSSR count). The summed E-state index contributed by atoms with van der Waals surface area (Å²) in [5.41, 5.74) is 5.71. The molecule has 16 heavy (non-hydrogen) atoms. The number of carbonyl (C=O) groups excluding carboxylic acids is 1. The van der Waals surface area contributed by atoms with Crippen LogP contribution in [0.2, 0.25) is 0 Å². The molecule has 0 spiro atoms. The Morgan fingerprint density at radius 1 is 1.38 bits per heavy atom. The first-order chi connectivity index (χ1) is 7.47. The van der Waals surface area contributed by atoms with Crippen molar-refractivity contribution in [2.75, 3.05) is 13.1 Å². The number of amides is 1. The Hall–Kier alpha value is -0.570. The van der Waals surface area contributed by atoms with E-state index in [1.807, 2.05) is 4.90 Å². The van der Waals surface area contributed by atoms with Crippen LogP contribution in [0.5, 0.6) is 0 Å². The van der Waals surface area contributed by atoms with E-state index >= 15 is 0 Å². The van der Waals surface area contributed by atoms with E-state index in [0.29, 0.717) is 24.4 Å². The van der Waals surface area contributed by atoms with Crippen molar-refractivity contribution in [3.8, 4) is 0 Å². The van der Waals surface area contributed by atoms with Crippen LogP contribution in [0.25, 0.3) is 0 Å². The summed E-state index contributed by atoms with van der Waals surface area (Å²) >= 11 is 0. The van der Waals surface area contributed by atoms with Gasteiger partial charge in [-0.1, -0.05) is 20.8 Å². The SMILES string of the molecule is CC1CCC(C)N(C(=O)C(CN)C(C)C)C1. The van der Waals surface area contributed by atoms with Gasteiger partial charge in [0.05, 0.1) is 5.92 Å². The normalized spacial score (nSPS) is 28.2. The van der Waals surface area contributed by atoms with Crippen molar-refractivity contribution in [1.82, 2.24) is 4.90 Å². The van der Waals surface area contributed by atoms with Gasteiger partial charge in [-0.05, 0) is 31.6 Å². The first kappa shape index (κ1) is 13.5. The molecule has 94 valence electrons. The van der Waals surface area contributed by atoms with Gasteiger partial charge in [0, 0.05) is 19.1 Å². The van der Waals surface area contributed by atoms with Gasteiger partial charge in [-0.2, -0.15) is 0 Å². The minimum Gasteiger partial charge on any atom is -0.339 e. The van der Waals surface area contributed by atoms with Crippen LogP contribution in [0, 0.1) is 17.8 Å². The lowest BCUT2D eigenvalue weighted by atomic mass is 9.90. The fourth-order valence-electron chi connectivity index (χ4n) is 2.47. The molecule has 2 N–H and O–H groups in total. The third kappa shape index (κ3) is 2.97. The Kier molecular flexibility index (Phi) is 4.78. The summed E-state index contributed by atoms with van der Waals surface area (Å²) in [4.78, 5) is 14.4. The average Bonchev–Trinajstić information content (AvgIpc) is 2.22. The lowest BCUT2D eigenvalue weighted by Gasteiger charge is -2.39. The van der Waals surface area contributed by atoms with E-state index in [-0.39, 0.29) is 11.8 Å². The van der Waals surface area contributed by atoms with Crippen LogP contribution < -0.4 is 5.73 Å². The van der Waals surface area contributed by atoms with Crippen molar-refractivity contribution in [2.24, 2.45) is 23.5 Å². The molecule has 0 saturated carbocycles. The summed E-state index contributed by atoms with van der Waals surface area (Å²) in [5, 5.41) is 0. The zero-order valence-electron chi connectivity index (χ0n) is 11.1. The molecule has 0 aromatic rings. The molecule has 0 bridgehead atoms. The second-order valence-electron chi connectivity index (χ2n) is 5.61. The third-order valence-electron chi connectivity index (χ3n) is 3.78. The Bertz CT molecular complexity index is 240. The molecule has 1 amide bonds. The van der Waals surface area contributed by atoms with E-state index < -0.39 is 0 Å². The highest BCUT2D eigenvalue weighted by atomic mass is 16.2. The van der Waals surface area contributed by atoms with Crippen LogP contribution in [-0.4, -0.2) is 29.9 Å². The fraction of sp³-hybridized carbons (Fsp3) is 0.923. The van der Waals surface area contributed by atoms with Gasteiger partial charge >= 0.3 is 0 Å². The van der Waals surface area contributed by atoms with Crippen molar-refractivity contribution >= 4 is 5.91 Å². The minimum atomic E-state index is -0.00671. The molecular formula is C13H26N2O. The molecule has 1 aliphatic rings. The van der Waals surface area contributed by atoms with Crippen molar-refractivity contribution in [3.05, 3.63) is 0 Å². The molecule has 0 aromatic carbocycles. The standard InChI is InChI=1S/C13H26N2O/c1-9(2)12(7-14)13(16)15-8-10(3)5-6-11(15)4/h9-12H,5-8,14H2,1-4H3. The maximum Gasteiger partial charge on any atom is 0.227 e. The van der Waals surface area contributed by atoms with Crippen LogP contribution in [0.15, 0.2) is 0 Å². The highest BCUT2D eigenvalue weighted by molar-refractivity contribution is 5.79. The van der Waals surface area contributed by atoms with Gasteiger partial charge in [0.2, 0.25) is 5.91 Å². The summed E-state index contributed by atoms with van der Waals surface area (Å²) in [6.45, 7) is 9.90. The molecule has 0 aromatic heterocycles. The molecule has 1 heterocycles. The first-order valence-corrected chi connectivity index (χ1v) is 6.47. The van der Waals surface area contributed by atoms with E-state index in [0.717, 1.165) is 13.0 Å². The summed E-state index contributed by atoms with van der Waals surface area (Å²) in [6.07, 6.45) is 2.36. The maximum absolute atomic E-state index is 12.4. The van der Waals surface area contributed by atoms with Crippen molar-refractivity contribution in [1.29, 1.82) is 0 Å². The van der Waals surface area contributed by atoms with Gasteiger partial charge in [-0.15, -0.1) is 0 Å². The molecular weight excluding hydrogens is 200 g/mol. The highest BCUT2D eigenvalue weighted by Crippen LogP contribution is 2.24. The quantitative estimate of drug-likeness (QED) is 0.798. The van der Waals surface area contributed by atoms with Crippen LogP contribution >= 0.6 is 0 Å². The van der Waals surface area contributed by atoms with Gasteiger partial charge in [0.25, 0.3) is 0 Å². The van der Waals surface area contributed by atoms with E-state index in [1.54, 1.807) is 0 Å². The predicted octanol–water partition coefficient (Wildman–Crippen LogP) is 1.86.